The van der Waals surface area contributed by atoms with Gasteiger partial charge < -0.3 is 10.0 Å². The molecule has 1 aromatic carbocycles. The number of hydrogen-bond acceptors (Lipinski definition) is 3. The number of nitrogens with zero attached hydrogens (tertiary/aromatic N) is 1. The molecule has 104 valence electrons. The van der Waals surface area contributed by atoms with Gasteiger partial charge in [-0.25, -0.2) is 4.79 Å². The minimum atomic E-state index is -0.909. The number of aromatic carboxylic acids is 1. The first-order chi connectivity index (χ1) is 9.47. The van der Waals surface area contributed by atoms with Gasteiger partial charge in [-0.1, -0.05) is 23.7 Å². The molecule has 0 saturated carbocycles. The van der Waals surface area contributed by atoms with E-state index >= 15 is 0 Å². The summed E-state index contributed by atoms with van der Waals surface area (Å²) >= 11 is 7.13. The zero-order chi connectivity index (χ0) is 14.7. The van der Waals surface area contributed by atoms with E-state index in [0.717, 1.165) is 10.4 Å². The van der Waals surface area contributed by atoms with Crippen LogP contribution in [-0.4, -0.2) is 30.1 Å². The number of carbonyl (C=O) groups is 1. The highest BCUT2D eigenvalue weighted by Crippen LogP contribution is 2.33. The molecule has 0 spiro atoms. The van der Waals surface area contributed by atoms with Gasteiger partial charge in [-0.3, -0.25) is 0 Å². The molecule has 0 aliphatic carbocycles. The Morgan fingerprint density at radius 3 is 2.50 bits per heavy atom. The SMILES string of the molecule is CN(C)C=Cc1cc(-c2ccc(Cl)cc2)sc1C(=O)O. The molecule has 1 heterocycles. The summed E-state index contributed by atoms with van der Waals surface area (Å²) in [6, 6.07) is 9.26. The van der Waals surface area contributed by atoms with Gasteiger partial charge in [-0.05, 0) is 36.0 Å². The predicted octanol–water partition coefficient (Wildman–Crippen LogP) is 4.30. The molecule has 2 rings (SSSR count). The zero-order valence-corrected chi connectivity index (χ0v) is 12.7. The van der Waals surface area contributed by atoms with Crippen molar-refractivity contribution in [1.29, 1.82) is 0 Å². The van der Waals surface area contributed by atoms with Crippen molar-refractivity contribution in [2.24, 2.45) is 0 Å². The molecular weight excluding hydrogens is 294 g/mol. The van der Waals surface area contributed by atoms with Gasteiger partial charge in [0.15, 0.2) is 0 Å². The first-order valence-electron chi connectivity index (χ1n) is 5.95. The summed E-state index contributed by atoms with van der Waals surface area (Å²) in [6.07, 6.45) is 3.64. The lowest BCUT2D eigenvalue weighted by molar-refractivity contribution is 0.0702. The first-order valence-corrected chi connectivity index (χ1v) is 7.14. The molecule has 0 aliphatic heterocycles. The maximum Gasteiger partial charge on any atom is 0.346 e. The third-order valence-electron chi connectivity index (χ3n) is 2.64. The normalized spacial score (nSPS) is 10.9. The molecule has 0 saturated heterocycles. The van der Waals surface area contributed by atoms with Crippen LogP contribution < -0.4 is 0 Å². The zero-order valence-electron chi connectivity index (χ0n) is 11.1. The second kappa shape index (κ2) is 6.11. The fraction of sp³-hybridized carbons (Fsp3) is 0.133. The van der Waals surface area contributed by atoms with Crippen molar-refractivity contribution in [3.05, 3.63) is 52.0 Å². The lowest BCUT2D eigenvalue weighted by atomic mass is 10.1. The molecule has 20 heavy (non-hydrogen) atoms. The Hall–Kier alpha value is -1.78. The molecule has 0 amide bonds. The maximum atomic E-state index is 11.3. The molecule has 0 unspecified atom stereocenters. The van der Waals surface area contributed by atoms with Gasteiger partial charge in [0.05, 0.1) is 0 Å². The number of carboxylic acids is 1. The van der Waals surface area contributed by atoms with Crippen molar-refractivity contribution in [3.63, 3.8) is 0 Å². The molecule has 0 bridgehead atoms. The van der Waals surface area contributed by atoms with E-state index in [-0.39, 0.29) is 0 Å². The van der Waals surface area contributed by atoms with Gasteiger partial charge in [0.1, 0.15) is 4.88 Å². The summed E-state index contributed by atoms with van der Waals surface area (Å²) in [6.45, 7) is 0. The number of rotatable bonds is 4. The lowest BCUT2D eigenvalue weighted by Gasteiger charge is -2.02. The minimum absolute atomic E-state index is 0.341. The molecule has 0 fully saturated rings. The van der Waals surface area contributed by atoms with Gasteiger partial charge in [0.25, 0.3) is 0 Å². The summed E-state index contributed by atoms with van der Waals surface area (Å²) in [5, 5.41) is 9.94. The topological polar surface area (TPSA) is 40.5 Å². The van der Waals surface area contributed by atoms with Crippen LogP contribution in [0.3, 0.4) is 0 Å². The molecule has 0 atom stereocenters. The van der Waals surface area contributed by atoms with Crippen molar-refractivity contribution in [1.82, 2.24) is 4.90 Å². The van der Waals surface area contributed by atoms with Crippen LogP contribution in [0.25, 0.3) is 16.5 Å². The van der Waals surface area contributed by atoms with Crippen molar-refractivity contribution < 1.29 is 9.90 Å². The van der Waals surface area contributed by atoms with Crippen LogP contribution in [0, 0.1) is 0 Å². The highest BCUT2D eigenvalue weighted by Gasteiger charge is 2.14. The largest absolute Gasteiger partial charge is 0.477 e. The van der Waals surface area contributed by atoms with Crippen molar-refractivity contribution in [2.75, 3.05) is 14.1 Å². The number of halogens is 1. The monoisotopic (exact) mass is 307 g/mol. The quantitative estimate of drug-likeness (QED) is 0.915. The number of benzene rings is 1. The van der Waals surface area contributed by atoms with E-state index in [9.17, 15) is 9.90 Å². The van der Waals surface area contributed by atoms with E-state index in [4.69, 9.17) is 11.6 Å². The van der Waals surface area contributed by atoms with E-state index < -0.39 is 5.97 Å². The molecule has 3 nitrogen and oxygen atoms in total. The van der Waals surface area contributed by atoms with Crippen LogP contribution in [-0.2, 0) is 0 Å². The molecular formula is C15H14ClNO2S. The van der Waals surface area contributed by atoms with Gasteiger partial charge in [-0.15, -0.1) is 11.3 Å². The van der Waals surface area contributed by atoms with Gasteiger partial charge >= 0.3 is 5.97 Å². The average Bonchev–Trinajstić information content (AvgIpc) is 2.81. The summed E-state index contributed by atoms with van der Waals surface area (Å²) in [5.74, 6) is -0.909. The Morgan fingerprint density at radius 2 is 1.95 bits per heavy atom. The van der Waals surface area contributed by atoms with E-state index in [1.165, 1.54) is 11.3 Å². The van der Waals surface area contributed by atoms with E-state index in [1.807, 2.05) is 43.4 Å². The van der Waals surface area contributed by atoms with E-state index in [1.54, 1.807) is 18.2 Å². The van der Waals surface area contributed by atoms with Crippen molar-refractivity contribution in [2.45, 2.75) is 0 Å². The van der Waals surface area contributed by atoms with Crippen LogP contribution in [0.1, 0.15) is 15.2 Å². The van der Waals surface area contributed by atoms with E-state index in [0.29, 0.717) is 15.5 Å². The third kappa shape index (κ3) is 3.40. The second-order valence-corrected chi connectivity index (χ2v) is 5.98. The minimum Gasteiger partial charge on any atom is -0.477 e. The van der Waals surface area contributed by atoms with E-state index in [2.05, 4.69) is 0 Å². The number of thiophene rings is 1. The molecule has 1 aromatic heterocycles. The summed E-state index contributed by atoms with van der Waals surface area (Å²) < 4.78 is 0. The van der Waals surface area contributed by atoms with Crippen molar-refractivity contribution >= 4 is 35.0 Å². The standard InChI is InChI=1S/C15H14ClNO2S/c1-17(2)8-7-11-9-13(20-14(11)15(18)19)10-3-5-12(16)6-4-10/h3-9H,1-2H3,(H,18,19). The highest BCUT2D eigenvalue weighted by atomic mass is 35.5. The third-order valence-corrected chi connectivity index (χ3v) is 4.08. The molecule has 1 N–H and O–H groups in total. The van der Waals surface area contributed by atoms with Crippen molar-refractivity contribution in [3.8, 4) is 10.4 Å². The Kier molecular flexibility index (Phi) is 4.47. The van der Waals surface area contributed by atoms with Crippen LogP contribution in [0.2, 0.25) is 5.02 Å². The molecule has 0 aliphatic rings. The summed E-state index contributed by atoms with van der Waals surface area (Å²) in [5.41, 5.74) is 1.67. The maximum absolute atomic E-state index is 11.3. The fourth-order valence-corrected chi connectivity index (χ4v) is 2.80. The second-order valence-electron chi connectivity index (χ2n) is 4.49. The Morgan fingerprint density at radius 1 is 1.30 bits per heavy atom. The van der Waals surface area contributed by atoms with Gasteiger partial charge in [-0.2, -0.15) is 0 Å². The fourth-order valence-electron chi connectivity index (χ4n) is 1.68. The van der Waals surface area contributed by atoms with Crippen LogP contribution in [0.5, 0.6) is 0 Å². The van der Waals surface area contributed by atoms with Gasteiger partial charge in [0.2, 0.25) is 0 Å². The molecule has 0 radical (unpaired) electrons. The Bertz CT molecular complexity index is 644. The van der Waals surface area contributed by atoms with Gasteiger partial charge in [0, 0.05) is 29.6 Å². The summed E-state index contributed by atoms with van der Waals surface area (Å²) in [7, 11) is 3.78. The lowest BCUT2D eigenvalue weighted by Crippen LogP contribution is -2.00. The van der Waals surface area contributed by atoms with Crippen LogP contribution >= 0.6 is 22.9 Å². The first kappa shape index (κ1) is 14.6. The Balaban J connectivity index is 2.43. The van der Waals surface area contributed by atoms with Crippen LogP contribution in [0.15, 0.2) is 36.5 Å². The molecule has 2 aromatic rings. The average molecular weight is 308 g/mol. The Labute approximate surface area is 126 Å². The number of hydrogen-bond donors (Lipinski definition) is 1. The predicted molar refractivity (Wildman–Crippen MR) is 84.4 cm³/mol. The van der Waals surface area contributed by atoms with Crippen LogP contribution in [0.4, 0.5) is 0 Å². The smallest absolute Gasteiger partial charge is 0.346 e. The number of carboxylic acid groups (broad SMARTS) is 1. The molecule has 5 heteroatoms. The summed E-state index contributed by atoms with van der Waals surface area (Å²) in [4.78, 5) is 14.4. The highest BCUT2D eigenvalue weighted by molar-refractivity contribution is 7.17.